The third-order valence-corrected chi connectivity index (χ3v) is 3.81. The van der Waals surface area contributed by atoms with Crippen molar-refractivity contribution in [2.75, 3.05) is 13.1 Å². The standard InChI is InChI=1S/C17H18FNO2/c1-11-9-19(10-12(2)21-11)17(20)15-7-8-16(18)14-6-4-3-5-13(14)15/h3-8,11-12H,9-10H2,1-2H3. The topological polar surface area (TPSA) is 29.5 Å². The lowest BCUT2D eigenvalue weighted by atomic mass is 10.0. The van der Waals surface area contributed by atoms with E-state index in [4.69, 9.17) is 4.74 Å². The van der Waals surface area contributed by atoms with Crippen LogP contribution >= 0.6 is 0 Å². The number of amides is 1. The summed E-state index contributed by atoms with van der Waals surface area (Å²) in [5.74, 6) is -0.362. The van der Waals surface area contributed by atoms with Crippen LogP contribution in [-0.2, 0) is 4.74 Å². The molecule has 3 rings (SSSR count). The highest BCUT2D eigenvalue weighted by molar-refractivity contribution is 6.07. The summed E-state index contributed by atoms with van der Waals surface area (Å²) in [5, 5.41) is 1.15. The minimum Gasteiger partial charge on any atom is -0.372 e. The predicted molar refractivity (Wildman–Crippen MR) is 79.8 cm³/mol. The Bertz CT molecular complexity index is 676. The summed E-state index contributed by atoms with van der Waals surface area (Å²) in [6.45, 7) is 5.04. The smallest absolute Gasteiger partial charge is 0.254 e. The fraction of sp³-hybridized carbons (Fsp3) is 0.353. The summed E-state index contributed by atoms with van der Waals surface area (Å²) in [5.41, 5.74) is 0.549. The number of hydrogen-bond donors (Lipinski definition) is 0. The number of nitrogens with zero attached hydrogens (tertiary/aromatic N) is 1. The van der Waals surface area contributed by atoms with Gasteiger partial charge in [0.25, 0.3) is 5.91 Å². The van der Waals surface area contributed by atoms with Gasteiger partial charge in [-0.05, 0) is 31.4 Å². The van der Waals surface area contributed by atoms with Crippen LogP contribution < -0.4 is 0 Å². The number of morpholine rings is 1. The van der Waals surface area contributed by atoms with Crippen LogP contribution in [0.25, 0.3) is 10.8 Å². The van der Waals surface area contributed by atoms with Gasteiger partial charge in [0.05, 0.1) is 12.2 Å². The van der Waals surface area contributed by atoms with Crippen LogP contribution in [0.2, 0.25) is 0 Å². The number of benzene rings is 2. The van der Waals surface area contributed by atoms with Gasteiger partial charge >= 0.3 is 0 Å². The minimum atomic E-state index is -0.300. The Morgan fingerprint density at radius 3 is 2.38 bits per heavy atom. The number of carbonyl (C=O) groups excluding carboxylic acids is 1. The Balaban J connectivity index is 2.00. The van der Waals surface area contributed by atoms with E-state index in [1.165, 1.54) is 6.07 Å². The molecule has 0 aliphatic carbocycles. The van der Waals surface area contributed by atoms with Gasteiger partial charge in [0.2, 0.25) is 0 Å². The van der Waals surface area contributed by atoms with Crippen molar-refractivity contribution in [3.8, 4) is 0 Å². The zero-order valence-electron chi connectivity index (χ0n) is 12.2. The minimum absolute atomic E-state index is 0.0180. The maximum atomic E-state index is 13.9. The highest BCUT2D eigenvalue weighted by Gasteiger charge is 2.27. The first-order valence-electron chi connectivity index (χ1n) is 7.18. The monoisotopic (exact) mass is 287 g/mol. The Labute approximate surface area is 123 Å². The zero-order valence-corrected chi connectivity index (χ0v) is 12.2. The van der Waals surface area contributed by atoms with E-state index in [0.717, 1.165) is 0 Å². The van der Waals surface area contributed by atoms with Crippen LogP contribution in [0.5, 0.6) is 0 Å². The molecule has 2 aromatic carbocycles. The highest BCUT2D eigenvalue weighted by Crippen LogP contribution is 2.24. The van der Waals surface area contributed by atoms with E-state index in [1.807, 2.05) is 19.9 Å². The van der Waals surface area contributed by atoms with Gasteiger partial charge in [-0.3, -0.25) is 4.79 Å². The molecule has 2 aromatic rings. The molecular weight excluding hydrogens is 269 g/mol. The molecule has 0 N–H and O–H groups in total. The SMILES string of the molecule is CC1CN(C(=O)c2ccc(F)c3ccccc23)CC(C)O1. The van der Waals surface area contributed by atoms with Crippen LogP contribution in [-0.4, -0.2) is 36.1 Å². The summed E-state index contributed by atoms with van der Waals surface area (Å²) >= 11 is 0. The first-order chi connectivity index (χ1) is 10.1. The van der Waals surface area contributed by atoms with Gasteiger partial charge in [0.1, 0.15) is 5.82 Å². The summed E-state index contributed by atoms with van der Waals surface area (Å²) in [6, 6.07) is 10.0. The molecule has 3 nitrogen and oxygen atoms in total. The van der Waals surface area contributed by atoms with Crippen LogP contribution in [0, 0.1) is 5.82 Å². The molecule has 0 spiro atoms. The van der Waals surface area contributed by atoms with E-state index in [9.17, 15) is 9.18 Å². The van der Waals surface area contributed by atoms with E-state index < -0.39 is 0 Å². The first kappa shape index (κ1) is 14.0. The molecule has 1 aliphatic heterocycles. The molecule has 0 radical (unpaired) electrons. The number of rotatable bonds is 1. The molecule has 0 saturated carbocycles. The molecular formula is C17H18FNO2. The molecule has 0 aromatic heterocycles. The summed E-state index contributed by atoms with van der Waals surface area (Å²) in [6.07, 6.45) is 0.0359. The zero-order chi connectivity index (χ0) is 15.0. The van der Waals surface area contributed by atoms with E-state index in [1.54, 1.807) is 29.2 Å². The van der Waals surface area contributed by atoms with Gasteiger partial charge < -0.3 is 9.64 Å². The number of fused-ring (bicyclic) bond motifs is 1. The molecule has 21 heavy (non-hydrogen) atoms. The molecule has 1 heterocycles. The molecule has 1 aliphatic rings. The Morgan fingerprint density at radius 1 is 1.10 bits per heavy atom. The maximum Gasteiger partial charge on any atom is 0.254 e. The average Bonchev–Trinajstić information content (AvgIpc) is 2.46. The van der Waals surface area contributed by atoms with Crippen molar-refractivity contribution in [3.63, 3.8) is 0 Å². The van der Waals surface area contributed by atoms with Gasteiger partial charge in [0, 0.05) is 24.0 Å². The Kier molecular flexibility index (Phi) is 3.64. The molecule has 1 fully saturated rings. The molecule has 2 unspecified atom stereocenters. The van der Waals surface area contributed by atoms with Crippen molar-refractivity contribution >= 4 is 16.7 Å². The lowest BCUT2D eigenvalue weighted by molar-refractivity contribution is -0.0585. The highest BCUT2D eigenvalue weighted by atomic mass is 19.1. The molecule has 0 bridgehead atoms. The Morgan fingerprint density at radius 2 is 1.71 bits per heavy atom. The number of carbonyl (C=O) groups is 1. The first-order valence-corrected chi connectivity index (χ1v) is 7.18. The molecule has 2 atom stereocenters. The maximum absolute atomic E-state index is 13.9. The average molecular weight is 287 g/mol. The van der Waals surface area contributed by atoms with Gasteiger partial charge in [-0.15, -0.1) is 0 Å². The number of halogens is 1. The normalized spacial score (nSPS) is 22.5. The lowest BCUT2D eigenvalue weighted by Gasteiger charge is -2.35. The largest absolute Gasteiger partial charge is 0.372 e. The van der Waals surface area contributed by atoms with Crippen molar-refractivity contribution in [2.45, 2.75) is 26.1 Å². The van der Waals surface area contributed by atoms with Gasteiger partial charge in [-0.2, -0.15) is 0 Å². The van der Waals surface area contributed by atoms with E-state index in [0.29, 0.717) is 29.4 Å². The summed E-state index contributed by atoms with van der Waals surface area (Å²) in [7, 11) is 0. The van der Waals surface area contributed by atoms with Gasteiger partial charge in [0.15, 0.2) is 0 Å². The molecule has 4 heteroatoms. The van der Waals surface area contributed by atoms with Crippen molar-refractivity contribution in [2.24, 2.45) is 0 Å². The second kappa shape index (κ2) is 5.45. The van der Waals surface area contributed by atoms with Crippen LogP contribution in [0.3, 0.4) is 0 Å². The van der Waals surface area contributed by atoms with E-state index >= 15 is 0 Å². The van der Waals surface area contributed by atoms with Crippen LogP contribution in [0.4, 0.5) is 4.39 Å². The number of ether oxygens (including phenoxy) is 1. The van der Waals surface area contributed by atoms with E-state index in [2.05, 4.69) is 0 Å². The summed E-state index contributed by atoms with van der Waals surface area (Å²) in [4.78, 5) is 14.6. The third-order valence-electron chi connectivity index (χ3n) is 3.81. The van der Waals surface area contributed by atoms with Gasteiger partial charge in [-0.25, -0.2) is 4.39 Å². The van der Waals surface area contributed by atoms with Crippen molar-refractivity contribution in [1.82, 2.24) is 4.90 Å². The molecule has 1 saturated heterocycles. The second-order valence-electron chi connectivity index (χ2n) is 5.61. The second-order valence-corrected chi connectivity index (χ2v) is 5.61. The fourth-order valence-corrected chi connectivity index (χ4v) is 2.96. The summed E-state index contributed by atoms with van der Waals surface area (Å²) < 4.78 is 19.5. The predicted octanol–water partition coefficient (Wildman–Crippen LogP) is 3.23. The molecule has 1 amide bonds. The van der Waals surface area contributed by atoms with Crippen molar-refractivity contribution < 1.29 is 13.9 Å². The van der Waals surface area contributed by atoms with Crippen LogP contribution in [0.1, 0.15) is 24.2 Å². The van der Waals surface area contributed by atoms with Crippen molar-refractivity contribution in [1.29, 1.82) is 0 Å². The van der Waals surface area contributed by atoms with Crippen LogP contribution in [0.15, 0.2) is 36.4 Å². The van der Waals surface area contributed by atoms with Crippen molar-refractivity contribution in [3.05, 3.63) is 47.8 Å². The quantitative estimate of drug-likeness (QED) is 0.806. The Hall–Kier alpha value is -1.94. The molecule has 110 valence electrons. The number of hydrogen-bond acceptors (Lipinski definition) is 2. The van der Waals surface area contributed by atoms with E-state index in [-0.39, 0.29) is 23.9 Å². The lowest BCUT2D eigenvalue weighted by Crippen LogP contribution is -2.48. The fourth-order valence-electron chi connectivity index (χ4n) is 2.96. The van der Waals surface area contributed by atoms with Gasteiger partial charge in [-0.1, -0.05) is 24.3 Å². The third kappa shape index (κ3) is 2.63.